The lowest BCUT2D eigenvalue weighted by Gasteiger charge is -2.14. The highest BCUT2D eigenvalue weighted by Crippen LogP contribution is 2.27. The van der Waals surface area contributed by atoms with Gasteiger partial charge in [0.1, 0.15) is 11.3 Å². The number of rotatable bonds is 6. The molecule has 0 amide bonds. The van der Waals surface area contributed by atoms with E-state index in [0.717, 1.165) is 22.2 Å². The van der Waals surface area contributed by atoms with Gasteiger partial charge in [0.25, 0.3) is 0 Å². The summed E-state index contributed by atoms with van der Waals surface area (Å²) in [5, 5.41) is 4.08. The van der Waals surface area contributed by atoms with Crippen molar-refractivity contribution in [3.05, 3.63) is 69.6 Å². The van der Waals surface area contributed by atoms with Crippen molar-refractivity contribution in [2.24, 2.45) is 0 Å². The Kier molecular flexibility index (Phi) is 5.44. The van der Waals surface area contributed by atoms with E-state index in [1.54, 1.807) is 12.1 Å². The Morgan fingerprint density at radius 1 is 1.11 bits per heavy atom. The molecule has 0 fully saturated rings. The third-order valence-electron chi connectivity index (χ3n) is 4.40. The Bertz CT molecular complexity index is 995. The number of hydrogen-bond donors (Lipinski definition) is 1. The molecule has 0 saturated heterocycles. The molecule has 0 saturated carbocycles. The second kappa shape index (κ2) is 7.78. The van der Waals surface area contributed by atoms with Gasteiger partial charge in [0, 0.05) is 23.7 Å². The van der Waals surface area contributed by atoms with Crippen molar-refractivity contribution in [1.29, 1.82) is 0 Å². The van der Waals surface area contributed by atoms with Gasteiger partial charge in [0.15, 0.2) is 0 Å². The van der Waals surface area contributed by atoms with E-state index in [4.69, 9.17) is 4.42 Å². The van der Waals surface area contributed by atoms with Crippen molar-refractivity contribution in [2.45, 2.75) is 39.8 Å². The van der Waals surface area contributed by atoms with Crippen LogP contribution in [0.3, 0.4) is 0 Å². The number of hydrogen-bond acceptors (Lipinski definition) is 4. The van der Waals surface area contributed by atoms with Crippen molar-refractivity contribution in [3.63, 3.8) is 0 Å². The number of halogens is 2. The van der Waals surface area contributed by atoms with Gasteiger partial charge in [0.05, 0.1) is 0 Å². The van der Waals surface area contributed by atoms with Crippen LogP contribution in [0.15, 0.2) is 51.7 Å². The summed E-state index contributed by atoms with van der Waals surface area (Å²) < 4.78 is 34.1. The highest BCUT2D eigenvalue weighted by atomic mass is 19.3. The summed E-state index contributed by atoms with van der Waals surface area (Å²) in [6.45, 7) is 3.79. The molecule has 0 aliphatic heterocycles. The van der Waals surface area contributed by atoms with Crippen LogP contribution in [0.25, 0.3) is 11.0 Å². The third-order valence-corrected chi connectivity index (χ3v) is 4.40. The molecule has 0 unspecified atom stereocenters. The quantitative estimate of drug-likeness (QED) is 0.585. The molecule has 1 aromatic heterocycles. The lowest BCUT2D eigenvalue weighted by molar-refractivity contribution is -0.0498. The molecule has 0 spiro atoms. The van der Waals surface area contributed by atoms with E-state index in [-0.39, 0.29) is 5.75 Å². The maximum absolute atomic E-state index is 12.2. The predicted molar refractivity (Wildman–Crippen MR) is 102 cm³/mol. The van der Waals surface area contributed by atoms with E-state index in [1.807, 2.05) is 13.0 Å². The first-order valence-electron chi connectivity index (χ1n) is 8.69. The molecule has 6 heteroatoms. The molecule has 142 valence electrons. The molecule has 0 aliphatic carbocycles. The van der Waals surface area contributed by atoms with Crippen LogP contribution in [0.4, 0.5) is 14.5 Å². The summed E-state index contributed by atoms with van der Waals surface area (Å²) in [5.74, 6) is 0.447. The van der Waals surface area contributed by atoms with Gasteiger partial charge >= 0.3 is 12.2 Å². The van der Waals surface area contributed by atoms with Gasteiger partial charge in [-0.15, -0.1) is 0 Å². The largest absolute Gasteiger partial charge is 0.435 e. The zero-order valence-corrected chi connectivity index (χ0v) is 15.4. The number of nitrogens with one attached hydrogen (secondary N) is 1. The molecule has 27 heavy (non-hydrogen) atoms. The van der Waals surface area contributed by atoms with Crippen molar-refractivity contribution in [2.75, 3.05) is 5.32 Å². The molecule has 0 aliphatic rings. The summed E-state index contributed by atoms with van der Waals surface area (Å²) in [4.78, 5) is 11.9. The minimum atomic E-state index is -2.85. The predicted octanol–water partition coefficient (Wildman–Crippen LogP) is 5.44. The van der Waals surface area contributed by atoms with Crippen LogP contribution < -0.4 is 15.7 Å². The van der Waals surface area contributed by atoms with E-state index in [0.29, 0.717) is 18.0 Å². The number of aryl methyl sites for hydroxylation is 1. The maximum Gasteiger partial charge on any atom is 0.387 e. The van der Waals surface area contributed by atoms with Crippen LogP contribution in [-0.4, -0.2) is 6.61 Å². The zero-order chi connectivity index (χ0) is 19.6. The van der Waals surface area contributed by atoms with Crippen molar-refractivity contribution in [1.82, 2.24) is 0 Å². The fraction of sp³-hybridized carbons (Fsp3) is 0.286. The topological polar surface area (TPSA) is 51.5 Å². The third kappa shape index (κ3) is 4.45. The lowest BCUT2D eigenvalue weighted by Crippen LogP contribution is -2.07. The van der Waals surface area contributed by atoms with Crippen LogP contribution in [0.2, 0.25) is 0 Å². The van der Waals surface area contributed by atoms with E-state index < -0.39 is 12.2 Å². The molecule has 3 aromatic rings. The van der Waals surface area contributed by atoms with Gasteiger partial charge in [-0.3, -0.25) is 0 Å². The monoisotopic (exact) mass is 373 g/mol. The number of fused-ring (bicyclic) bond motifs is 1. The van der Waals surface area contributed by atoms with Gasteiger partial charge in [-0.2, -0.15) is 8.78 Å². The fourth-order valence-electron chi connectivity index (χ4n) is 3.11. The molecule has 0 radical (unpaired) electrons. The van der Waals surface area contributed by atoms with Gasteiger partial charge < -0.3 is 14.5 Å². The second-order valence-electron chi connectivity index (χ2n) is 6.71. The van der Waals surface area contributed by atoms with Crippen LogP contribution in [0.1, 0.15) is 36.5 Å². The molecule has 1 heterocycles. The first-order valence-corrected chi connectivity index (χ1v) is 8.69. The number of benzene rings is 2. The fourth-order valence-corrected chi connectivity index (χ4v) is 3.11. The van der Waals surface area contributed by atoms with Crippen LogP contribution >= 0.6 is 0 Å². The van der Waals surface area contributed by atoms with Gasteiger partial charge in [0.2, 0.25) is 0 Å². The minimum Gasteiger partial charge on any atom is -0.435 e. The highest BCUT2D eigenvalue weighted by molar-refractivity contribution is 5.82. The zero-order valence-electron chi connectivity index (χ0n) is 15.4. The van der Waals surface area contributed by atoms with E-state index in [2.05, 4.69) is 30.0 Å². The molecular formula is C21H21F2NO3. The standard InChI is InChI=1S/C21H21F2NO3/c1-12(2)17-10-18-14(9-20(25)27-19(18)8-13(17)3)11-24-15-4-6-16(7-5-15)26-21(22)23/h4-10,12,21,24H,11H2,1-3H3. The van der Waals surface area contributed by atoms with Crippen LogP contribution in [0, 0.1) is 6.92 Å². The number of anilines is 1. The number of ether oxygens (including phenoxy) is 1. The molecule has 0 atom stereocenters. The average molecular weight is 373 g/mol. The highest BCUT2D eigenvalue weighted by Gasteiger charge is 2.11. The minimum absolute atomic E-state index is 0.0957. The average Bonchev–Trinajstić information content (AvgIpc) is 2.59. The second-order valence-corrected chi connectivity index (χ2v) is 6.71. The van der Waals surface area contributed by atoms with E-state index in [9.17, 15) is 13.6 Å². The van der Waals surface area contributed by atoms with Crippen molar-refractivity contribution < 1.29 is 17.9 Å². The Morgan fingerprint density at radius 2 is 1.81 bits per heavy atom. The Morgan fingerprint density at radius 3 is 2.44 bits per heavy atom. The van der Waals surface area contributed by atoms with Crippen LogP contribution in [-0.2, 0) is 6.54 Å². The lowest BCUT2D eigenvalue weighted by atomic mass is 9.95. The van der Waals surface area contributed by atoms with Crippen molar-refractivity contribution >= 4 is 16.7 Å². The summed E-state index contributed by atoms with van der Waals surface area (Å²) in [6, 6.07) is 11.7. The van der Waals surface area contributed by atoms with Gasteiger partial charge in [-0.25, -0.2) is 4.79 Å². The molecular weight excluding hydrogens is 352 g/mol. The van der Waals surface area contributed by atoms with Gasteiger partial charge in [-0.05, 0) is 65.9 Å². The summed E-state index contributed by atoms with van der Waals surface area (Å²) in [6.07, 6.45) is 0. The first kappa shape index (κ1) is 18.9. The Hall–Kier alpha value is -2.89. The summed E-state index contributed by atoms with van der Waals surface area (Å²) >= 11 is 0. The summed E-state index contributed by atoms with van der Waals surface area (Å²) in [5.41, 5.74) is 3.98. The van der Waals surface area contributed by atoms with Gasteiger partial charge in [-0.1, -0.05) is 13.8 Å². The van der Waals surface area contributed by atoms with E-state index in [1.165, 1.54) is 23.8 Å². The smallest absolute Gasteiger partial charge is 0.387 e. The normalized spacial score (nSPS) is 11.4. The molecule has 2 aromatic carbocycles. The Balaban J connectivity index is 1.87. The molecule has 0 bridgehead atoms. The SMILES string of the molecule is Cc1cc2oc(=O)cc(CNc3ccc(OC(F)F)cc3)c2cc1C(C)C. The maximum atomic E-state index is 12.2. The van der Waals surface area contributed by atoms with E-state index >= 15 is 0 Å². The van der Waals surface area contributed by atoms with Crippen LogP contribution in [0.5, 0.6) is 5.75 Å². The molecule has 4 nitrogen and oxygen atoms in total. The number of alkyl halides is 2. The molecule has 3 rings (SSSR count). The first-order chi connectivity index (χ1) is 12.8. The summed E-state index contributed by atoms with van der Waals surface area (Å²) in [7, 11) is 0. The molecule has 1 N–H and O–H groups in total. The van der Waals surface area contributed by atoms with Crippen molar-refractivity contribution in [3.8, 4) is 5.75 Å². The Labute approximate surface area is 155 Å².